The summed E-state index contributed by atoms with van der Waals surface area (Å²) in [5, 5.41) is 54.1. The Labute approximate surface area is 257 Å². The Kier molecular flexibility index (Phi) is 21.0. The Morgan fingerprint density at radius 1 is 0.837 bits per heavy atom. The van der Waals surface area contributed by atoms with Gasteiger partial charge in [-0.3, -0.25) is 9.35 Å². The lowest BCUT2D eigenvalue weighted by Gasteiger charge is -2.41. The fourth-order valence-electron chi connectivity index (χ4n) is 5.11. The quantitative estimate of drug-likeness (QED) is 0.0563. The van der Waals surface area contributed by atoms with E-state index in [1.54, 1.807) is 0 Å². The Bertz CT molecular complexity index is 832. The number of ether oxygens (including phenoxy) is 2. The number of hydrogen-bond donors (Lipinski definition) is 7. The first-order valence-electron chi connectivity index (χ1n) is 16.0. The van der Waals surface area contributed by atoms with E-state index >= 15 is 0 Å². The Morgan fingerprint density at radius 2 is 1.35 bits per heavy atom. The molecule has 0 aromatic carbocycles. The smallest absolute Gasteiger partial charge is 0.394 e. The highest BCUT2D eigenvalue weighted by molar-refractivity contribution is 7.80. The maximum Gasteiger partial charge on any atom is 0.397 e. The molecule has 0 radical (unpaired) electrons. The van der Waals surface area contributed by atoms with Crippen LogP contribution in [0.5, 0.6) is 0 Å². The highest BCUT2D eigenvalue weighted by atomic mass is 32.3. The first kappa shape index (κ1) is 40.1. The number of rotatable bonds is 25. The fraction of sp³-hybridized carbons (Fsp3) is 0.966. The van der Waals surface area contributed by atoms with Gasteiger partial charge in [0.05, 0.1) is 25.4 Å². The first-order chi connectivity index (χ1) is 20.4. The molecule has 0 saturated carbocycles. The van der Waals surface area contributed by atoms with Crippen molar-refractivity contribution < 1.29 is 57.0 Å². The van der Waals surface area contributed by atoms with Crippen LogP contribution >= 0.6 is 0 Å². The molecule has 0 aromatic rings. The Hall–Kier alpha value is -0.940. The molecule has 8 unspecified atom stereocenters. The third kappa shape index (κ3) is 16.8. The van der Waals surface area contributed by atoms with Crippen molar-refractivity contribution in [2.75, 3.05) is 13.2 Å². The van der Waals surface area contributed by atoms with E-state index in [1.807, 2.05) is 6.92 Å². The standard InChI is InChI=1S/C29H57NO12S/c1-3-5-7-8-9-10-11-12-13-14-16-18-23(33)28(36)30-21(22(32)17-15-6-4-2)20-40-29-26(35)27(42-43(37,38)39)25(34)24(19-31)41-29/h21-27,29,31-35H,3-20H2,1-2H3,(H,30,36)(H,37,38,39). The minimum absolute atomic E-state index is 0.261. The SMILES string of the molecule is CCCCCCCCCCCCCC(O)C(=O)NC(COC1OC(CO)C(O)C(OS(=O)(=O)O)C1O)C(O)CCCCC. The maximum atomic E-state index is 12.8. The molecule has 1 rings (SSSR count). The molecule has 8 atom stereocenters. The van der Waals surface area contributed by atoms with Gasteiger partial charge in [0.25, 0.3) is 0 Å². The van der Waals surface area contributed by atoms with Crippen LogP contribution < -0.4 is 5.32 Å². The van der Waals surface area contributed by atoms with Crippen molar-refractivity contribution in [1.29, 1.82) is 0 Å². The van der Waals surface area contributed by atoms with Crippen molar-refractivity contribution in [2.24, 2.45) is 0 Å². The summed E-state index contributed by atoms with van der Waals surface area (Å²) in [5.74, 6) is -0.684. The number of aliphatic hydroxyl groups is 5. The molecule has 13 nitrogen and oxygen atoms in total. The second-order valence-corrected chi connectivity index (χ2v) is 12.6. The van der Waals surface area contributed by atoms with Gasteiger partial charge in [-0.25, -0.2) is 4.18 Å². The Balaban J connectivity index is 2.64. The van der Waals surface area contributed by atoms with E-state index in [1.165, 1.54) is 44.9 Å². The summed E-state index contributed by atoms with van der Waals surface area (Å²) in [5.41, 5.74) is 0. The third-order valence-electron chi connectivity index (χ3n) is 7.77. The maximum absolute atomic E-state index is 12.8. The fourth-order valence-corrected chi connectivity index (χ4v) is 5.62. The van der Waals surface area contributed by atoms with Gasteiger partial charge < -0.3 is 40.3 Å². The van der Waals surface area contributed by atoms with Crippen LogP contribution in [0.15, 0.2) is 0 Å². The van der Waals surface area contributed by atoms with Gasteiger partial charge in [0, 0.05) is 0 Å². The average Bonchev–Trinajstić information content (AvgIpc) is 2.96. The van der Waals surface area contributed by atoms with Crippen LogP contribution in [-0.4, -0.2) is 107 Å². The van der Waals surface area contributed by atoms with E-state index < -0.39 is 78.5 Å². The second-order valence-electron chi connectivity index (χ2n) is 11.5. The zero-order valence-electron chi connectivity index (χ0n) is 25.9. The first-order valence-corrected chi connectivity index (χ1v) is 17.4. The average molecular weight is 644 g/mol. The predicted molar refractivity (Wildman–Crippen MR) is 159 cm³/mol. The molecule has 256 valence electrons. The molecule has 1 heterocycles. The predicted octanol–water partition coefficient (Wildman–Crippen LogP) is 2.12. The van der Waals surface area contributed by atoms with E-state index in [9.17, 15) is 38.7 Å². The molecular formula is C29H57NO12S. The molecule has 1 aliphatic heterocycles. The lowest BCUT2D eigenvalue weighted by Crippen LogP contribution is -2.61. The van der Waals surface area contributed by atoms with Crippen LogP contribution in [0, 0.1) is 0 Å². The van der Waals surface area contributed by atoms with Crippen LogP contribution in [-0.2, 0) is 28.9 Å². The summed E-state index contributed by atoms with van der Waals surface area (Å²) >= 11 is 0. The zero-order valence-corrected chi connectivity index (χ0v) is 26.7. The van der Waals surface area contributed by atoms with Gasteiger partial charge >= 0.3 is 10.4 Å². The van der Waals surface area contributed by atoms with Crippen LogP contribution in [0.25, 0.3) is 0 Å². The monoisotopic (exact) mass is 643 g/mol. The minimum atomic E-state index is -5.09. The van der Waals surface area contributed by atoms with Crippen molar-refractivity contribution in [3.63, 3.8) is 0 Å². The van der Waals surface area contributed by atoms with Crippen LogP contribution in [0.4, 0.5) is 0 Å². The number of nitrogens with one attached hydrogen (secondary N) is 1. The van der Waals surface area contributed by atoms with Crippen molar-refractivity contribution >= 4 is 16.3 Å². The van der Waals surface area contributed by atoms with Gasteiger partial charge in [-0.05, 0) is 12.8 Å². The van der Waals surface area contributed by atoms with E-state index in [-0.39, 0.29) is 6.42 Å². The van der Waals surface area contributed by atoms with Crippen LogP contribution in [0.3, 0.4) is 0 Å². The highest BCUT2D eigenvalue weighted by Gasteiger charge is 2.48. The second kappa shape index (κ2) is 22.5. The van der Waals surface area contributed by atoms with E-state index in [4.69, 9.17) is 14.0 Å². The molecule has 1 fully saturated rings. The number of hydrogen-bond acceptors (Lipinski definition) is 11. The van der Waals surface area contributed by atoms with E-state index in [0.29, 0.717) is 19.3 Å². The third-order valence-corrected chi connectivity index (χ3v) is 8.24. The van der Waals surface area contributed by atoms with Crippen LogP contribution in [0.1, 0.15) is 117 Å². The molecule has 43 heavy (non-hydrogen) atoms. The summed E-state index contributed by atoms with van der Waals surface area (Å²) < 4.78 is 46.7. The van der Waals surface area contributed by atoms with Gasteiger partial charge in [-0.15, -0.1) is 0 Å². The highest BCUT2D eigenvalue weighted by Crippen LogP contribution is 2.26. The molecule has 0 spiro atoms. The summed E-state index contributed by atoms with van der Waals surface area (Å²) in [6.07, 6.45) is 4.46. The number of carbonyl (C=O) groups is 1. The van der Waals surface area contributed by atoms with Crippen molar-refractivity contribution in [1.82, 2.24) is 5.32 Å². The zero-order chi connectivity index (χ0) is 32.3. The van der Waals surface area contributed by atoms with Gasteiger partial charge in [-0.2, -0.15) is 8.42 Å². The van der Waals surface area contributed by atoms with Crippen molar-refractivity contribution in [2.45, 2.75) is 166 Å². The number of amides is 1. The van der Waals surface area contributed by atoms with Gasteiger partial charge in [0.2, 0.25) is 5.91 Å². The molecule has 0 bridgehead atoms. The summed E-state index contributed by atoms with van der Waals surface area (Å²) in [4.78, 5) is 12.8. The number of unbranched alkanes of at least 4 members (excludes halogenated alkanes) is 12. The van der Waals surface area contributed by atoms with E-state index in [0.717, 1.165) is 32.1 Å². The lowest BCUT2D eigenvalue weighted by atomic mass is 9.99. The van der Waals surface area contributed by atoms with Crippen LogP contribution in [0.2, 0.25) is 0 Å². The van der Waals surface area contributed by atoms with Gasteiger partial charge in [-0.1, -0.05) is 104 Å². The molecular weight excluding hydrogens is 586 g/mol. The summed E-state index contributed by atoms with van der Waals surface area (Å²) in [7, 11) is -5.09. The molecule has 14 heteroatoms. The normalized spacial score (nSPS) is 24.9. The number of aliphatic hydroxyl groups excluding tert-OH is 5. The Morgan fingerprint density at radius 3 is 1.88 bits per heavy atom. The number of carbonyl (C=O) groups excluding carboxylic acids is 1. The molecule has 1 saturated heterocycles. The van der Waals surface area contributed by atoms with Crippen molar-refractivity contribution in [3.8, 4) is 0 Å². The van der Waals surface area contributed by atoms with E-state index in [2.05, 4.69) is 16.4 Å². The molecule has 0 aromatic heterocycles. The largest absolute Gasteiger partial charge is 0.397 e. The molecule has 1 aliphatic rings. The molecule has 7 N–H and O–H groups in total. The molecule has 1 amide bonds. The van der Waals surface area contributed by atoms with Gasteiger partial charge in [0.1, 0.15) is 30.5 Å². The summed E-state index contributed by atoms with van der Waals surface area (Å²) in [6.45, 7) is 3.00. The molecule has 0 aliphatic carbocycles. The minimum Gasteiger partial charge on any atom is -0.394 e. The van der Waals surface area contributed by atoms with Gasteiger partial charge in [0.15, 0.2) is 6.29 Å². The summed E-state index contributed by atoms with van der Waals surface area (Å²) in [6, 6.07) is -1.02. The topological polar surface area (TPSA) is 212 Å². The lowest BCUT2D eigenvalue weighted by molar-refractivity contribution is -0.298. The van der Waals surface area contributed by atoms with Crippen molar-refractivity contribution in [3.05, 3.63) is 0 Å².